The molecule has 0 aromatic heterocycles. The standard InChI is InChI=1S/C13H10N2O5/c1-20-12-8-3-2-5-9(12)13-10(14(16)17)6-4-7-11(13)15(18)19/h2-8H,1H3. The van der Waals surface area contributed by atoms with Crippen molar-refractivity contribution < 1.29 is 14.6 Å². The Bertz CT molecular complexity index is 652. The highest BCUT2D eigenvalue weighted by molar-refractivity contribution is 5.85. The molecule has 2 aromatic carbocycles. The number of hydrogen-bond donors (Lipinski definition) is 0. The maximum absolute atomic E-state index is 11.1. The van der Waals surface area contributed by atoms with Gasteiger partial charge in [-0.05, 0) is 12.1 Å². The molecule has 0 radical (unpaired) electrons. The average molecular weight is 274 g/mol. The number of nitro groups is 2. The summed E-state index contributed by atoms with van der Waals surface area (Å²) in [6.07, 6.45) is 0. The van der Waals surface area contributed by atoms with Gasteiger partial charge in [0, 0.05) is 17.7 Å². The zero-order valence-corrected chi connectivity index (χ0v) is 10.5. The lowest BCUT2D eigenvalue weighted by atomic mass is 10.0. The van der Waals surface area contributed by atoms with Gasteiger partial charge in [0.15, 0.2) is 0 Å². The molecular weight excluding hydrogens is 264 g/mol. The molecule has 0 saturated heterocycles. The predicted octanol–water partition coefficient (Wildman–Crippen LogP) is 3.18. The first-order valence-corrected chi connectivity index (χ1v) is 5.61. The van der Waals surface area contributed by atoms with Crippen molar-refractivity contribution in [2.45, 2.75) is 0 Å². The van der Waals surface area contributed by atoms with Crippen molar-refractivity contribution in [2.75, 3.05) is 7.11 Å². The molecule has 0 fully saturated rings. The number of nitrogens with zero attached hydrogens (tertiary/aromatic N) is 2. The largest absolute Gasteiger partial charge is 0.496 e. The molecule has 0 aliphatic rings. The normalized spacial score (nSPS) is 10.1. The summed E-state index contributed by atoms with van der Waals surface area (Å²) < 4.78 is 5.12. The highest BCUT2D eigenvalue weighted by atomic mass is 16.6. The van der Waals surface area contributed by atoms with Crippen molar-refractivity contribution in [3.63, 3.8) is 0 Å². The maximum Gasteiger partial charge on any atom is 0.284 e. The fourth-order valence-electron chi connectivity index (χ4n) is 1.96. The molecule has 0 saturated carbocycles. The van der Waals surface area contributed by atoms with Gasteiger partial charge in [-0.15, -0.1) is 0 Å². The van der Waals surface area contributed by atoms with E-state index < -0.39 is 9.85 Å². The van der Waals surface area contributed by atoms with E-state index in [2.05, 4.69) is 0 Å². The fourth-order valence-corrected chi connectivity index (χ4v) is 1.96. The van der Waals surface area contributed by atoms with Crippen LogP contribution in [0.15, 0.2) is 42.5 Å². The minimum atomic E-state index is -0.644. The van der Waals surface area contributed by atoms with E-state index in [1.165, 1.54) is 25.3 Å². The second kappa shape index (κ2) is 5.35. The molecule has 0 spiro atoms. The van der Waals surface area contributed by atoms with Gasteiger partial charge in [-0.2, -0.15) is 0 Å². The van der Waals surface area contributed by atoms with Crippen LogP contribution in [-0.2, 0) is 0 Å². The van der Waals surface area contributed by atoms with Gasteiger partial charge in [-0.1, -0.05) is 18.2 Å². The van der Waals surface area contributed by atoms with Gasteiger partial charge in [0.2, 0.25) is 0 Å². The third-order valence-electron chi connectivity index (χ3n) is 2.79. The highest BCUT2D eigenvalue weighted by Gasteiger charge is 2.27. The lowest BCUT2D eigenvalue weighted by Crippen LogP contribution is -1.99. The second-order valence-corrected chi connectivity index (χ2v) is 3.89. The van der Waals surface area contributed by atoms with Crippen molar-refractivity contribution in [3.05, 3.63) is 62.7 Å². The Hall–Kier alpha value is -2.96. The van der Waals surface area contributed by atoms with Gasteiger partial charge < -0.3 is 4.74 Å². The monoisotopic (exact) mass is 274 g/mol. The van der Waals surface area contributed by atoms with Crippen LogP contribution in [0, 0.1) is 20.2 Å². The zero-order valence-electron chi connectivity index (χ0n) is 10.5. The summed E-state index contributed by atoms with van der Waals surface area (Å²) in [5, 5.41) is 22.2. The second-order valence-electron chi connectivity index (χ2n) is 3.89. The number of benzene rings is 2. The first kappa shape index (κ1) is 13.5. The SMILES string of the molecule is COc1ccccc1-c1c([N+](=O)[O-])cccc1[N+](=O)[O-]. The Labute approximate surface area is 113 Å². The maximum atomic E-state index is 11.1. The molecule has 2 rings (SSSR count). The summed E-state index contributed by atoms with van der Waals surface area (Å²) in [6, 6.07) is 10.2. The molecule has 2 aromatic rings. The summed E-state index contributed by atoms with van der Waals surface area (Å²) in [6.45, 7) is 0. The lowest BCUT2D eigenvalue weighted by Gasteiger charge is -2.09. The Morgan fingerprint density at radius 1 is 0.900 bits per heavy atom. The quantitative estimate of drug-likeness (QED) is 0.630. The number of nitro benzene ring substituents is 2. The van der Waals surface area contributed by atoms with E-state index in [1.54, 1.807) is 24.3 Å². The molecule has 102 valence electrons. The summed E-state index contributed by atoms with van der Waals surface area (Å²) in [5.41, 5.74) is -0.402. The smallest absolute Gasteiger partial charge is 0.284 e. The van der Waals surface area contributed by atoms with E-state index in [0.717, 1.165) is 0 Å². The van der Waals surface area contributed by atoms with Crippen molar-refractivity contribution in [1.82, 2.24) is 0 Å². The molecule has 0 N–H and O–H groups in total. The van der Waals surface area contributed by atoms with Crippen LogP contribution in [0.5, 0.6) is 5.75 Å². The summed E-state index contributed by atoms with van der Waals surface area (Å²) in [5.74, 6) is 0.338. The molecule has 0 unspecified atom stereocenters. The molecule has 7 heteroatoms. The van der Waals surface area contributed by atoms with E-state index in [0.29, 0.717) is 11.3 Å². The summed E-state index contributed by atoms with van der Waals surface area (Å²) >= 11 is 0. The van der Waals surface area contributed by atoms with Crippen LogP contribution in [0.25, 0.3) is 11.1 Å². The van der Waals surface area contributed by atoms with E-state index in [1.807, 2.05) is 0 Å². The number of hydrogen-bond acceptors (Lipinski definition) is 5. The molecule has 0 aliphatic carbocycles. The first-order valence-electron chi connectivity index (χ1n) is 5.61. The third kappa shape index (κ3) is 2.28. The molecule has 0 aliphatic heterocycles. The van der Waals surface area contributed by atoms with E-state index in [4.69, 9.17) is 4.74 Å². The molecular formula is C13H10N2O5. The van der Waals surface area contributed by atoms with Gasteiger partial charge in [0.1, 0.15) is 11.3 Å². The minimum absolute atomic E-state index is 0.0556. The molecule has 0 atom stereocenters. The van der Waals surface area contributed by atoms with Crippen LogP contribution in [0.1, 0.15) is 0 Å². The van der Waals surface area contributed by atoms with Gasteiger partial charge in [0.05, 0.1) is 17.0 Å². The van der Waals surface area contributed by atoms with Crippen LogP contribution in [0.4, 0.5) is 11.4 Å². The van der Waals surface area contributed by atoms with E-state index in [9.17, 15) is 20.2 Å². The predicted molar refractivity (Wildman–Crippen MR) is 71.7 cm³/mol. The van der Waals surface area contributed by atoms with Crippen molar-refractivity contribution in [1.29, 1.82) is 0 Å². The summed E-state index contributed by atoms with van der Waals surface area (Å²) in [7, 11) is 1.40. The van der Waals surface area contributed by atoms with Crippen LogP contribution in [0.3, 0.4) is 0 Å². The van der Waals surface area contributed by atoms with Crippen LogP contribution < -0.4 is 4.74 Å². The Kier molecular flexibility index (Phi) is 3.60. The van der Waals surface area contributed by atoms with Crippen LogP contribution in [0.2, 0.25) is 0 Å². The Balaban J connectivity index is 2.83. The number of ether oxygens (including phenoxy) is 1. The zero-order chi connectivity index (χ0) is 14.7. The molecule has 7 nitrogen and oxygen atoms in total. The van der Waals surface area contributed by atoms with Crippen molar-refractivity contribution in [2.24, 2.45) is 0 Å². The highest BCUT2D eigenvalue weighted by Crippen LogP contribution is 2.41. The summed E-state index contributed by atoms with van der Waals surface area (Å²) in [4.78, 5) is 20.9. The lowest BCUT2D eigenvalue weighted by molar-refractivity contribution is -0.392. The van der Waals surface area contributed by atoms with Crippen molar-refractivity contribution in [3.8, 4) is 16.9 Å². The van der Waals surface area contributed by atoms with Crippen LogP contribution >= 0.6 is 0 Å². The van der Waals surface area contributed by atoms with Gasteiger partial charge >= 0.3 is 0 Å². The fraction of sp³-hybridized carbons (Fsp3) is 0.0769. The first-order chi connectivity index (χ1) is 9.56. The van der Waals surface area contributed by atoms with Crippen LogP contribution in [-0.4, -0.2) is 17.0 Å². The van der Waals surface area contributed by atoms with Gasteiger partial charge in [-0.3, -0.25) is 20.2 Å². The average Bonchev–Trinajstić information content (AvgIpc) is 2.46. The number of para-hydroxylation sites is 1. The van der Waals surface area contributed by atoms with Crippen molar-refractivity contribution >= 4 is 11.4 Å². The topological polar surface area (TPSA) is 95.5 Å². The number of methoxy groups -OCH3 is 1. The number of rotatable bonds is 4. The molecule has 0 bridgehead atoms. The molecule has 20 heavy (non-hydrogen) atoms. The Morgan fingerprint density at radius 2 is 1.45 bits per heavy atom. The minimum Gasteiger partial charge on any atom is -0.496 e. The third-order valence-corrected chi connectivity index (χ3v) is 2.79. The van der Waals surface area contributed by atoms with Gasteiger partial charge in [0.25, 0.3) is 11.4 Å². The van der Waals surface area contributed by atoms with E-state index >= 15 is 0 Å². The molecule has 0 heterocycles. The van der Waals surface area contributed by atoms with E-state index in [-0.39, 0.29) is 16.9 Å². The van der Waals surface area contributed by atoms with Gasteiger partial charge in [-0.25, -0.2) is 0 Å². The molecule has 0 amide bonds. The Morgan fingerprint density at radius 3 is 1.95 bits per heavy atom.